The number of aliphatic carboxylic acids is 1. The third kappa shape index (κ3) is 3.71. The van der Waals surface area contributed by atoms with Gasteiger partial charge in [-0.1, -0.05) is 6.07 Å². The minimum Gasteiger partial charge on any atom is -0.480 e. The quantitative estimate of drug-likeness (QED) is 0.849. The molecule has 0 radical (unpaired) electrons. The molecule has 2 rings (SSSR count). The second kappa shape index (κ2) is 6.40. The molecule has 2 N–H and O–H groups in total. The number of carboxylic acid groups (broad SMARTS) is 1. The monoisotopic (exact) mass is 301 g/mol. The number of aliphatic hydroxyl groups is 1. The summed E-state index contributed by atoms with van der Waals surface area (Å²) in [5, 5.41) is 20.5. The maximum Gasteiger partial charge on any atom is 0.326 e. The summed E-state index contributed by atoms with van der Waals surface area (Å²) in [6.07, 6.45) is -0.608. The summed E-state index contributed by atoms with van der Waals surface area (Å²) < 4.78 is 0. The highest BCUT2D eigenvalue weighted by Gasteiger charge is 2.38. The van der Waals surface area contributed by atoms with Crippen molar-refractivity contribution in [1.82, 2.24) is 4.90 Å². The highest BCUT2D eigenvalue weighted by Crippen LogP contribution is 2.21. The van der Waals surface area contributed by atoms with Crippen LogP contribution in [0.15, 0.2) is 17.5 Å². The first-order chi connectivity index (χ1) is 9.08. The first kappa shape index (κ1) is 14.4. The summed E-state index contributed by atoms with van der Waals surface area (Å²) in [5.41, 5.74) is 0. The molecule has 0 aromatic carbocycles. The van der Waals surface area contributed by atoms with Crippen molar-refractivity contribution in [3.8, 4) is 0 Å². The SMILES string of the molecule is O=C(O)[C@@H]1C[C@@H](O)CN1C(=O)CSCc1cccs1. The Labute approximate surface area is 119 Å². The smallest absolute Gasteiger partial charge is 0.326 e. The average molecular weight is 301 g/mol. The molecule has 1 aromatic rings. The van der Waals surface area contributed by atoms with Crippen LogP contribution in [0.5, 0.6) is 0 Å². The Balaban J connectivity index is 1.83. The molecular formula is C12H15NO4S2. The van der Waals surface area contributed by atoms with Crippen molar-refractivity contribution in [2.45, 2.75) is 24.3 Å². The molecule has 1 aliphatic heterocycles. The van der Waals surface area contributed by atoms with Crippen LogP contribution >= 0.6 is 23.1 Å². The van der Waals surface area contributed by atoms with Crippen LogP contribution < -0.4 is 0 Å². The van der Waals surface area contributed by atoms with Crippen molar-refractivity contribution in [3.05, 3.63) is 22.4 Å². The molecule has 1 fully saturated rings. The Morgan fingerprint density at radius 2 is 2.32 bits per heavy atom. The molecule has 1 amide bonds. The number of hydrogen-bond donors (Lipinski definition) is 2. The fourth-order valence-corrected chi connectivity index (χ4v) is 3.79. The van der Waals surface area contributed by atoms with Crippen LogP contribution in [0.3, 0.4) is 0 Å². The van der Waals surface area contributed by atoms with Crippen LogP contribution in [-0.2, 0) is 15.3 Å². The topological polar surface area (TPSA) is 77.8 Å². The normalized spacial score (nSPS) is 22.7. The van der Waals surface area contributed by atoms with E-state index in [0.717, 1.165) is 5.75 Å². The molecule has 2 atom stereocenters. The highest BCUT2D eigenvalue weighted by molar-refractivity contribution is 7.99. The van der Waals surface area contributed by atoms with Gasteiger partial charge in [0.1, 0.15) is 6.04 Å². The van der Waals surface area contributed by atoms with Gasteiger partial charge in [0.2, 0.25) is 5.91 Å². The molecule has 104 valence electrons. The van der Waals surface area contributed by atoms with Gasteiger partial charge in [-0.3, -0.25) is 4.79 Å². The first-order valence-corrected chi connectivity index (χ1v) is 7.92. The lowest BCUT2D eigenvalue weighted by molar-refractivity contribution is -0.147. The van der Waals surface area contributed by atoms with Crippen LogP contribution in [0, 0.1) is 0 Å². The molecule has 7 heteroatoms. The number of amides is 1. The minimum atomic E-state index is -1.05. The maximum atomic E-state index is 12.0. The Morgan fingerprint density at radius 3 is 2.95 bits per heavy atom. The summed E-state index contributed by atoms with van der Waals surface area (Å²) in [6.45, 7) is 0.120. The van der Waals surface area contributed by atoms with Crippen LogP contribution in [0.2, 0.25) is 0 Å². The number of likely N-dealkylation sites (tertiary alicyclic amines) is 1. The minimum absolute atomic E-state index is 0.120. The van der Waals surface area contributed by atoms with Gasteiger partial charge in [0.05, 0.1) is 11.9 Å². The summed E-state index contributed by atoms with van der Waals surface area (Å²) in [5.74, 6) is -0.273. The number of nitrogens with zero attached hydrogens (tertiary/aromatic N) is 1. The lowest BCUT2D eigenvalue weighted by atomic mass is 10.2. The number of thiophene rings is 1. The van der Waals surface area contributed by atoms with Gasteiger partial charge in [-0.25, -0.2) is 4.79 Å². The van der Waals surface area contributed by atoms with Crippen LogP contribution in [0.4, 0.5) is 0 Å². The van der Waals surface area contributed by atoms with E-state index in [1.54, 1.807) is 11.3 Å². The van der Waals surface area contributed by atoms with Crippen molar-refractivity contribution in [3.63, 3.8) is 0 Å². The van der Waals surface area contributed by atoms with Crippen LogP contribution in [0.1, 0.15) is 11.3 Å². The number of carboxylic acids is 1. The second-order valence-electron chi connectivity index (χ2n) is 4.36. The summed E-state index contributed by atoms with van der Waals surface area (Å²) in [7, 11) is 0. The molecule has 0 saturated carbocycles. The molecule has 19 heavy (non-hydrogen) atoms. The van der Waals surface area contributed by atoms with Gasteiger partial charge in [-0.15, -0.1) is 23.1 Å². The number of thioether (sulfide) groups is 1. The zero-order valence-electron chi connectivity index (χ0n) is 10.2. The van der Waals surface area contributed by atoms with E-state index in [-0.39, 0.29) is 24.6 Å². The van der Waals surface area contributed by atoms with Gasteiger partial charge in [-0.05, 0) is 11.4 Å². The largest absolute Gasteiger partial charge is 0.480 e. The Kier molecular flexibility index (Phi) is 4.84. The fourth-order valence-electron chi connectivity index (χ4n) is 2.04. The van der Waals surface area contributed by atoms with Crippen molar-refractivity contribution in [1.29, 1.82) is 0 Å². The molecule has 5 nitrogen and oxygen atoms in total. The summed E-state index contributed by atoms with van der Waals surface area (Å²) >= 11 is 3.10. The predicted octanol–water partition coefficient (Wildman–Crippen LogP) is 1.03. The Bertz CT molecular complexity index is 449. The molecule has 0 unspecified atom stereocenters. The Morgan fingerprint density at radius 1 is 1.53 bits per heavy atom. The zero-order valence-corrected chi connectivity index (χ0v) is 11.8. The number of hydrogen-bond acceptors (Lipinski definition) is 5. The fraction of sp³-hybridized carbons (Fsp3) is 0.500. The van der Waals surface area contributed by atoms with Gasteiger partial charge in [0.25, 0.3) is 0 Å². The Hall–Kier alpha value is -1.05. The predicted molar refractivity (Wildman–Crippen MR) is 74.2 cm³/mol. The molecule has 2 heterocycles. The first-order valence-electron chi connectivity index (χ1n) is 5.88. The third-order valence-electron chi connectivity index (χ3n) is 2.93. The summed E-state index contributed by atoms with van der Waals surface area (Å²) in [4.78, 5) is 25.4. The van der Waals surface area contributed by atoms with E-state index in [2.05, 4.69) is 0 Å². The molecule has 1 saturated heterocycles. The number of carbonyl (C=O) groups excluding carboxylic acids is 1. The second-order valence-corrected chi connectivity index (χ2v) is 6.38. The van der Waals surface area contributed by atoms with E-state index in [1.807, 2.05) is 17.5 Å². The molecule has 0 bridgehead atoms. The molecule has 0 aliphatic carbocycles. The molecule has 1 aromatic heterocycles. The zero-order chi connectivity index (χ0) is 13.8. The van der Waals surface area contributed by atoms with Gasteiger partial charge < -0.3 is 15.1 Å². The van der Waals surface area contributed by atoms with E-state index >= 15 is 0 Å². The van der Waals surface area contributed by atoms with E-state index in [0.29, 0.717) is 0 Å². The molecule has 0 spiro atoms. The van der Waals surface area contributed by atoms with Crippen molar-refractivity contribution in [2.24, 2.45) is 0 Å². The summed E-state index contributed by atoms with van der Waals surface area (Å²) in [6, 6.07) is 3.08. The standard InChI is InChI=1S/C12H15NO4S2/c14-8-4-10(12(16)17)13(5-8)11(15)7-18-6-9-2-1-3-19-9/h1-3,8,10,14H,4-7H2,(H,16,17)/t8-,10+/m1/s1. The van der Waals surface area contributed by atoms with Crippen molar-refractivity contribution < 1.29 is 19.8 Å². The molecular weight excluding hydrogens is 286 g/mol. The number of β-amino-alcohol motifs (C(OH)–C–C–N with tert-alkyl or cyclic N) is 1. The number of rotatable bonds is 5. The van der Waals surface area contributed by atoms with Gasteiger partial charge in [-0.2, -0.15) is 0 Å². The average Bonchev–Trinajstić information content (AvgIpc) is 2.98. The van der Waals surface area contributed by atoms with E-state index in [9.17, 15) is 14.7 Å². The third-order valence-corrected chi connectivity index (χ3v) is 4.96. The molecule has 1 aliphatic rings. The lowest BCUT2D eigenvalue weighted by Crippen LogP contribution is -2.41. The number of carbonyl (C=O) groups is 2. The van der Waals surface area contributed by atoms with E-state index < -0.39 is 18.1 Å². The van der Waals surface area contributed by atoms with Gasteiger partial charge in [0.15, 0.2) is 0 Å². The van der Waals surface area contributed by atoms with E-state index in [4.69, 9.17) is 5.11 Å². The van der Waals surface area contributed by atoms with Crippen LogP contribution in [0.25, 0.3) is 0 Å². The van der Waals surface area contributed by atoms with E-state index in [1.165, 1.54) is 21.5 Å². The maximum absolute atomic E-state index is 12.0. The van der Waals surface area contributed by atoms with Crippen molar-refractivity contribution in [2.75, 3.05) is 12.3 Å². The number of aliphatic hydroxyl groups excluding tert-OH is 1. The lowest BCUT2D eigenvalue weighted by Gasteiger charge is -2.20. The van der Waals surface area contributed by atoms with Crippen molar-refractivity contribution >= 4 is 35.0 Å². The van der Waals surface area contributed by atoms with Gasteiger partial charge in [0, 0.05) is 23.6 Å². The highest BCUT2D eigenvalue weighted by atomic mass is 32.2. The van der Waals surface area contributed by atoms with Gasteiger partial charge >= 0.3 is 5.97 Å². The van der Waals surface area contributed by atoms with Crippen LogP contribution in [-0.4, -0.2) is 51.4 Å².